The maximum absolute atomic E-state index is 6.35. The summed E-state index contributed by atoms with van der Waals surface area (Å²) >= 11 is 0. The smallest absolute Gasteiger partial charge is 0.0538 e. The second-order valence-electron chi connectivity index (χ2n) is 5.77. The molecule has 1 aliphatic heterocycles. The van der Waals surface area contributed by atoms with Crippen LogP contribution in [-0.4, -0.2) is 33.8 Å². The van der Waals surface area contributed by atoms with Gasteiger partial charge in [-0.05, 0) is 32.2 Å². The van der Waals surface area contributed by atoms with E-state index in [-0.39, 0.29) is 6.04 Å². The zero-order chi connectivity index (χ0) is 13.1. The second kappa shape index (κ2) is 5.85. The van der Waals surface area contributed by atoms with Gasteiger partial charge in [0.1, 0.15) is 0 Å². The first-order chi connectivity index (χ1) is 8.61. The number of hydrogen-bond donors (Lipinski definition) is 1. The highest BCUT2D eigenvalue weighted by atomic mass is 15.3. The van der Waals surface area contributed by atoms with Gasteiger partial charge in [0.2, 0.25) is 0 Å². The van der Waals surface area contributed by atoms with Crippen LogP contribution >= 0.6 is 0 Å². The molecule has 102 valence electrons. The van der Waals surface area contributed by atoms with E-state index in [9.17, 15) is 0 Å². The van der Waals surface area contributed by atoms with Crippen LogP contribution in [0.5, 0.6) is 0 Å². The first-order valence-electron chi connectivity index (χ1n) is 7.13. The molecule has 2 atom stereocenters. The van der Waals surface area contributed by atoms with Crippen molar-refractivity contribution < 1.29 is 0 Å². The molecule has 1 aliphatic rings. The Morgan fingerprint density at radius 3 is 2.89 bits per heavy atom. The van der Waals surface area contributed by atoms with Gasteiger partial charge in [-0.3, -0.25) is 9.58 Å². The Kier molecular flexibility index (Phi) is 4.40. The number of likely N-dealkylation sites (tertiary alicyclic amines) is 1. The van der Waals surface area contributed by atoms with Crippen molar-refractivity contribution in [2.45, 2.75) is 52.2 Å². The first-order valence-corrected chi connectivity index (χ1v) is 7.13. The molecule has 4 nitrogen and oxygen atoms in total. The lowest BCUT2D eigenvalue weighted by Crippen LogP contribution is -2.46. The van der Waals surface area contributed by atoms with Crippen molar-refractivity contribution in [2.75, 3.05) is 13.1 Å². The summed E-state index contributed by atoms with van der Waals surface area (Å²) in [6.07, 6.45) is 6.48. The molecule has 2 unspecified atom stereocenters. The van der Waals surface area contributed by atoms with Gasteiger partial charge >= 0.3 is 0 Å². The Morgan fingerprint density at radius 2 is 2.28 bits per heavy atom. The van der Waals surface area contributed by atoms with Gasteiger partial charge in [0.25, 0.3) is 0 Å². The van der Waals surface area contributed by atoms with E-state index in [0.717, 1.165) is 26.1 Å². The second-order valence-corrected chi connectivity index (χ2v) is 5.77. The van der Waals surface area contributed by atoms with Gasteiger partial charge in [-0.1, -0.05) is 13.8 Å². The van der Waals surface area contributed by atoms with Gasteiger partial charge in [-0.2, -0.15) is 5.10 Å². The zero-order valence-corrected chi connectivity index (χ0v) is 11.8. The van der Waals surface area contributed by atoms with Crippen LogP contribution < -0.4 is 5.73 Å². The largest absolute Gasteiger partial charge is 0.326 e. The predicted octanol–water partition coefficient (Wildman–Crippen LogP) is 2.02. The average molecular weight is 250 g/mol. The van der Waals surface area contributed by atoms with E-state index in [1.807, 2.05) is 10.9 Å². The molecule has 4 heteroatoms. The molecule has 2 rings (SSSR count). The highest BCUT2D eigenvalue weighted by Gasteiger charge is 2.31. The molecule has 0 aliphatic carbocycles. The van der Waals surface area contributed by atoms with Crippen molar-refractivity contribution in [1.29, 1.82) is 0 Å². The molecule has 0 amide bonds. The Labute approximate surface area is 110 Å². The maximum atomic E-state index is 6.35. The van der Waals surface area contributed by atoms with Crippen molar-refractivity contribution in [3.05, 3.63) is 18.0 Å². The summed E-state index contributed by atoms with van der Waals surface area (Å²) in [4.78, 5) is 2.54. The average Bonchev–Trinajstić information content (AvgIpc) is 2.76. The minimum atomic E-state index is 0.243. The summed E-state index contributed by atoms with van der Waals surface area (Å²) in [5.41, 5.74) is 7.63. The van der Waals surface area contributed by atoms with E-state index in [1.165, 1.54) is 12.0 Å². The molecule has 0 bridgehead atoms. The Morgan fingerprint density at radius 1 is 1.50 bits per heavy atom. The van der Waals surface area contributed by atoms with Gasteiger partial charge in [-0.25, -0.2) is 0 Å². The summed E-state index contributed by atoms with van der Waals surface area (Å²) in [6.45, 7) is 9.86. The molecule has 0 saturated carbocycles. The minimum absolute atomic E-state index is 0.243. The van der Waals surface area contributed by atoms with E-state index in [4.69, 9.17) is 5.73 Å². The van der Waals surface area contributed by atoms with Crippen molar-refractivity contribution in [2.24, 2.45) is 11.7 Å². The Balaban J connectivity index is 2.18. The first kappa shape index (κ1) is 13.6. The predicted molar refractivity (Wildman–Crippen MR) is 74.3 cm³/mol. The van der Waals surface area contributed by atoms with Crippen LogP contribution in [0.1, 0.15) is 45.2 Å². The Hall–Kier alpha value is -0.870. The van der Waals surface area contributed by atoms with Gasteiger partial charge in [0, 0.05) is 30.9 Å². The van der Waals surface area contributed by atoms with Crippen molar-refractivity contribution in [3.8, 4) is 0 Å². The Bertz CT molecular complexity index is 372. The van der Waals surface area contributed by atoms with Crippen LogP contribution in [0.15, 0.2) is 12.4 Å². The number of hydrogen-bond acceptors (Lipinski definition) is 3. The molecule has 0 aromatic carbocycles. The van der Waals surface area contributed by atoms with E-state index < -0.39 is 0 Å². The van der Waals surface area contributed by atoms with Crippen molar-refractivity contribution in [3.63, 3.8) is 0 Å². The number of aromatic nitrogens is 2. The molecule has 0 spiro atoms. The van der Waals surface area contributed by atoms with Crippen LogP contribution in [0.2, 0.25) is 0 Å². The quantitative estimate of drug-likeness (QED) is 0.889. The van der Waals surface area contributed by atoms with Gasteiger partial charge in [0.05, 0.1) is 12.2 Å². The zero-order valence-electron chi connectivity index (χ0n) is 11.8. The normalized spacial score (nSPS) is 25.8. The lowest BCUT2D eigenvalue weighted by molar-refractivity contribution is 0.114. The van der Waals surface area contributed by atoms with E-state index in [1.54, 1.807) is 0 Å². The molecular weight excluding hydrogens is 224 g/mol. The number of rotatable bonds is 4. The number of aryl methyl sites for hydroxylation is 1. The van der Waals surface area contributed by atoms with Crippen LogP contribution in [0.3, 0.4) is 0 Å². The highest BCUT2D eigenvalue weighted by Crippen LogP contribution is 2.30. The molecular formula is C14H26N4. The molecule has 2 heterocycles. The lowest BCUT2D eigenvalue weighted by atomic mass is 9.92. The summed E-state index contributed by atoms with van der Waals surface area (Å²) in [7, 11) is 0. The molecule has 1 saturated heterocycles. The third-order valence-electron chi connectivity index (χ3n) is 3.70. The summed E-state index contributed by atoms with van der Waals surface area (Å²) in [5.74, 6) is 0.680. The number of nitrogens with zero attached hydrogens (tertiary/aromatic N) is 3. The summed E-state index contributed by atoms with van der Waals surface area (Å²) < 4.78 is 1.99. The summed E-state index contributed by atoms with van der Waals surface area (Å²) in [6, 6.07) is 0.591. The number of nitrogens with two attached hydrogens (primary N) is 1. The van der Waals surface area contributed by atoms with Crippen molar-refractivity contribution in [1.82, 2.24) is 14.7 Å². The van der Waals surface area contributed by atoms with Gasteiger partial charge in [-0.15, -0.1) is 0 Å². The third kappa shape index (κ3) is 2.93. The maximum Gasteiger partial charge on any atom is 0.0538 e. The van der Waals surface area contributed by atoms with E-state index >= 15 is 0 Å². The molecule has 18 heavy (non-hydrogen) atoms. The molecule has 0 radical (unpaired) electrons. The van der Waals surface area contributed by atoms with Crippen LogP contribution in [0, 0.1) is 5.92 Å². The van der Waals surface area contributed by atoms with Crippen LogP contribution in [-0.2, 0) is 6.54 Å². The van der Waals surface area contributed by atoms with Gasteiger partial charge in [0.15, 0.2) is 0 Å². The van der Waals surface area contributed by atoms with Gasteiger partial charge < -0.3 is 5.73 Å². The fraction of sp³-hybridized carbons (Fsp3) is 0.786. The monoisotopic (exact) mass is 250 g/mol. The van der Waals surface area contributed by atoms with E-state index in [0.29, 0.717) is 12.0 Å². The fourth-order valence-electron chi connectivity index (χ4n) is 2.93. The standard InChI is InChI=1S/C14H26N4/c1-4-18-10-12(8-16-18)14-13(15)6-5-7-17(14)9-11(2)3/h8,10-11,13-14H,4-7,9,15H2,1-3H3. The highest BCUT2D eigenvalue weighted by molar-refractivity contribution is 5.14. The number of piperidine rings is 1. The minimum Gasteiger partial charge on any atom is -0.326 e. The van der Waals surface area contributed by atoms with Crippen LogP contribution in [0.4, 0.5) is 0 Å². The topological polar surface area (TPSA) is 47.1 Å². The van der Waals surface area contributed by atoms with Crippen molar-refractivity contribution >= 4 is 0 Å². The fourth-order valence-corrected chi connectivity index (χ4v) is 2.93. The molecule has 2 N–H and O–H groups in total. The third-order valence-corrected chi connectivity index (χ3v) is 3.70. The summed E-state index contributed by atoms with van der Waals surface area (Å²) in [5, 5.41) is 4.39. The van der Waals surface area contributed by atoms with Crippen LogP contribution in [0.25, 0.3) is 0 Å². The SMILES string of the molecule is CCn1cc(C2C(N)CCCN2CC(C)C)cn1. The molecule has 1 aromatic rings. The lowest BCUT2D eigenvalue weighted by Gasteiger charge is -2.40. The molecule has 1 fully saturated rings. The molecule has 1 aromatic heterocycles. The van der Waals surface area contributed by atoms with E-state index in [2.05, 4.69) is 37.0 Å².